The Hall–Kier alpha value is -4.29. The summed E-state index contributed by atoms with van der Waals surface area (Å²) in [5.74, 6) is 0.0852. The van der Waals surface area contributed by atoms with Gasteiger partial charge in [0, 0.05) is 19.2 Å². The van der Waals surface area contributed by atoms with Crippen molar-refractivity contribution in [1.82, 2.24) is 15.1 Å². The highest BCUT2D eigenvalue weighted by molar-refractivity contribution is 6.55. The summed E-state index contributed by atoms with van der Waals surface area (Å²) in [6, 6.07) is 26.6. The maximum atomic E-state index is 12.6. The summed E-state index contributed by atoms with van der Waals surface area (Å²) in [4.78, 5) is 25.0. The number of nitrogens with zero attached hydrogens (tertiary/aromatic N) is 3. The van der Waals surface area contributed by atoms with Crippen molar-refractivity contribution in [1.29, 1.82) is 5.26 Å². The summed E-state index contributed by atoms with van der Waals surface area (Å²) in [5, 5.41) is 17.1. The Bertz CT molecular complexity index is 1900. The number of aryl methyl sites for hydroxylation is 2. The van der Waals surface area contributed by atoms with E-state index in [1.807, 2.05) is 69.3 Å². The minimum atomic E-state index is -1.03. The molecule has 0 bridgehead atoms. The van der Waals surface area contributed by atoms with Gasteiger partial charge in [-0.25, -0.2) is 0 Å². The molecule has 1 unspecified atom stereocenters. The summed E-state index contributed by atoms with van der Waals surface area (Å²) >= 11 is 17.7. The van der Waals surface area contributed by atoms with Crippen molar-refractivity contribution in [2.24, 2.45) is 24.3 Å². The SMILES string of the molecule is CC1(C)[C@H](C(=O)OC(C#N)c2cccc(Oc3ccccc3)c2)[C@@H]1C=C(Cl)Cl.CCc1nn(C)c(C(=O)NCc2ccc(C(C)(C)C)cc2)c1Cl. The van der Waals surface area contributed by atoms with E-state index in [0.717, 1.165) is 11.3 Å². The first-order chi connectivity index (χ1) is 24.1. The van der Waals surface area contributed by atoms with Gasteiger partial charge in [0.1, 0.15) is 27.8 Å². The van der Waals surface area contributed by atoms with Gasteiger partial charge in [-0.3, -0.25) is 14.3 Å². The van der Waals surface area contributed by atoms with Crippen molar-refractivity contribution in [3.63, 3.8) is 0 Å². The summed E-state index contributed by atoms with van der Waals surface area (Å²) in [6.45, 7) is 12.8. The lowest BCUT2D eigenvalue weighted by Gasteiger charge is -2.19. The number of nitriles is 1. The molecule has 4 aromatic rings. The smallest absolute Gasteiger partial charge is 0.311 e. The van der Waals surface area contributed by atoms with E-state index >= 15 is 0 Å². The Balaban J connectivity index is 0.000000233. The van der Waals surface area contributed by atoms with Crippen LogP contribution in [0.25, 0.3) is 0 Å². The zero-order chi connectivity index (χ0) is 37.5. The summed E-state index contributed by atoms with van der Waals surface area (Å²) < 4.78 is 12.9. The predicted octanol–water partition coefficient (Wildman–Crippen LogP) is 10.0. The van der Waals surface area contributed by atoms with Crippen molar-refractivity contribution in [2.45, 2.75) is 66.0 Å². The van der Waals surface area contributed by atoms with Gasteiger partial charge in [-0.05, 0) is 64.6 Å². The molecule has 0 radical (unpaired) electrons. The molecule has 3 aromatic carbocycles. The van der Waals surface area contributed by atoms with Gasteiger partial charge in [0.2, 0.25) is 6.10 Å². The first kappa shape index (κ1) is 39.5. The Labute approximate surface area is 315 Å². The second kappa shape index (κ2) is 16.8. The molecule has 11 heteroatoms. The topological polar surface area (TPSA) is 106 Å². The third-order valence-electron chi connectivity index (χ3n) is 8.84. The van der Waals surface area contributed by atoms with Crippen LogP contribution in [-0.2, 0) is 35.0 Å². The second-order valence-corrected chi connectivity index (χ2v) is 15.3. The van der Waals surface area contributed by atoms with Crippen LogP contribution < -0.4 is 10.1 Å². The molecule has 1 fully saturated rings. The summed E-state index contributed by atoms with van der Waals surface area (Å²) in [6.07, 6.45) is 1.32. The standard InChI is InChI=1S/C22H19Cl2NO3.C18H24ClN3O/c1-22(2)17(12-19(23)24)20(22)21(26)28-18(13-25)14-7-6-10-16(11-14)27-15-8-4-3-5-9-15;1-6-14-15(19)16(22(5)21-14)17(23)20-11-12-7-9-13(10-8-12)18(2,3)4/h3-12,17-18,20H,1-2H3;7-10H,6,11H2,1-5H3,(H,20,23)/t17-,18?,20-;/m0./s1. The third kappa shape index (κ3) is 10.2. The molecule has 1 saturated carbocycles. The minimum Gasteiger partial charge on any atom is -0.457 e. The van der Waals surface area contributed by atoms with Gasteiger partial charge in [0.25, 0.3) is 5.91 Å². The molecule has 1 heterocycles. The number of hydrogen-bond acceptors (Lipinski definition) is 6. The molecule has 0 saturated heterocycles. The lowest BCUT2D eigenvalue weighted by Crippen LogP contribution is -2.25. The third-order valence-corrected chi connectivity index (χ3v) is 9.49. The fourth-order valence-corrected chi connectivity index (χ4v) is 6.36. The molecule has 8 nitrogen and oxygen atoms in total. The Morgan fingerprint density at radius 1 is 1.04 bits per heavy atom. The number of carbonyl (C=O) groups excluding carboxylic acids is 2. The monoisotopic (exact) mass is 748 g/mol. The maximum absolute atomic E-state index is 12.6. The molecular formula is C40H43Cl3N4O4. The first-order valence-corrected chi connectivity index (χ1v) is 17.7. The average Bonchev–Trinajstić information content (AvgIpc) is 3.48. The lowest BCUT2D eigenvalue weighted by atomic mass is 9.87. The fraction of sp³-hybridized carbons (Fsp3) is 0.350. The van der Waals surface area contributed by atoms with Crippen LogP contribution >= 0.6 is 34.8 Å². The molecule has 1 amide bonds. The zero-order valence-electron chi connectivity index (χ0n) is 29.8. The number of aromatic nitrogens is 2. The van der Waals surface area contributed by atoms with Crippen LogP contribution in [0, 0.1) is 28.6 Å². The number of hydrogen-bond donors (Lipinski definition) is 1. The van der Waals surface area contributed by atoms with Gasteiger partial charge >= 0.3 is 5.97 Å². The van der Waals surface area contributed by atoms with Gasteiger partial charge in [-0.15, -0.1) is 0 Å². The number of halogens is 3. The van der Waals surface area contributed by atoms with E-state index in [-0.39, 0.29) is 33.1 Å². The number of nitrogens with one attached hydrogen (secondary N) is 1. The maximum Gasteiger partial charge on any atom is 0.311 e. The lowest BCUT2D eigenvalue weighted by molar-refractivity contribution is -0.149. The van der Waals surface area contributed by atoms with Gasteiger partial charge in [-0.1, -0.05) is 131 Å². The van der Waals surface area contributed by atoms with Crippen LogP contribution in [-0.4, -0.2) is 21.7 Å². The average molecular weight is 750 g/mol. The first-order valence-electron chi connectivity index (χ1n) is 16.6. The summed E-state index contributed by atoms with van der Waals surface area (Å²) in [5.41, 5.74) is 3.84. The summed E-state index contributed by atoms with van der Waals surface area (Å²) in [7, 11) is 1.73. The quantitative estimate of drug-likeness (QED) is 0.162. The number of esters is 1. The highest BCUT2D eigenvalue weighted by Gasteiger charge is 2.62. The molecule has 3 atom stereocenters. The van der Waals surface area contributed by atoms with E-state index in [9.17, 15) is 14.9 Å². The van der Waals surface area contributed by atoms with E-state index in [1.54, 1.807) is 42.1 Å². The van der Waals surface area contributed by atoms with Gasteiger partial charge < -0.3 is 14.8 Å². The number of amides is 1. The fourth-order valence-electron chi connectivity index (χ4n) is 5.71. The van der Waals surface area contributed by atoms with E-state index in [0.29, 0.717) is 40.7 Å². The van der Waals surface area contributed by atoms with Crippen LogP contribution in [0.5, 0.6) is 11.5 Å². The van der Waals surface area contributed by atoms with E-state index in [1.165, 1.54) is 5.56 Å². The molecule has 1 N–H and O–H groups in total. The van der Waals surface area contributed by atoms with E-state index in [4.69, 9.17) is 44.3 Å². The molecule has 51 heavy (non-hydrogen) atoms. The van der Waals surface area contributed by atoms with Crippen LogP contribution in [0.2, 0.25) is 5.02 Å². The van der Waals surface area contributed by atoms with Crippen LogP contribution in [0.4, 0.5) is 0 Å². The van der Waals surface area contributed by atoms with Gasteiger partial charge in [0.15, 0.2) is 0 Å². The highest BCUT2D eigenvalue weighted by atomic mass is 35.5. The Kier molecular flexibility index (Phi) is 13.0. The molecule has 0 spiro atoms. The highest BCUT2D eigenvalue weighted by Crippen LogP contribution is 2.60. The number of rotatable bonds is 10. The number of ether oxygens (including phenoxy) is 2. The number of para-hydroxylation sites is 1. The minimum absolute atomic E-state index is 0.114. The zero-order valence-corrected chi connectivity index (χ0v) is 32.1. The van der Waals surface area contributed by atoms with Crippen molar-refractivity contribution < 1.29 is 19.1 Å². The molecule has 268 valence electrons. The van der Waals surface area contributed by atoms with E-state index < -0.39 is 12.1 Å². The number of allylic oxidation sites excluding steroid dienone is 1. The Morgan fingerprint density at radius 3 is 2.25 bits per heavy atom. The molecule has 1 aromatic heterocycles. The van der Waals surface area contributed by atoms with Crippen LogP contribution in [0.3, 0.4) is 0 Å². The predicted molar refractivity (Wildman–Crippen MR) is 202 cm³/mol. The van der Waals surface area contributed by atoms with E-state index in [2.05, 4.69) is 43.3 Å². The molecule has 1 aliphatic carbocycles. The van der Waals surface area contributed by atoms with Crippen LogP contribution in [0.15, 0.2) is 89.4 Å². The number of carbonyl (C=O) groups is 2. The molecule has 1 aliphatic rings. The molecule has 5 rings (SSSR count). The van der Waals surface area contributed by atoms with Crippen molar-refractivity contribution in [2.75, 3.05) is 0 Å². The molecule has 0 aliphatic heterocycles. The molecular weight excluding hydrogens is 707 g/mol. The van der Waals surface area contributed by atoms with Gasteiger partial charge in [-0.2, -0.15) is 10.4 Å². The second-order valence-electron chi connectivity index (χ2n) is 13.9. The van der Waals surface area contributed by atoms with Gasteiger partial charge in [0.05, 0.1) is 16.6 Å². The largest absolute Gasteiger partial charge is 0.457 e. The van der Waals surface area contributed by atoms with Crippen molar-refractivity contribution >= 4 is 46.7 Å². The normalized spacial score (nSPS) is 16.4. The number of benzene rings is 3. The van der Waals surface area contributed by atoms with Crippen LogP contribution in [0.1, 0.15) is 80.5 Å². The van der Waals surface area contributed by atoms with Crippen molar-refractivity contribution in [3.8, 4) is 17.6 Å². The Morgan fingerprint density at radius 2 is 1.69 bits per heavy atom. The van der Waals surface area contributed by atoms with Crippen molar-refractivity contribution in [3.05, 3.63) is 123 Å².